The van der Waals surface area contributed by atoms with Crippen LogP contribution < -0.4 is 15.8 Å². The van der Waals surface area contributed by atoms with Crippen molar-refractivity contribution in [2.24, 2.45) is 5.73 Å². The molecule has 2 rings (SSSR count). The average Bonchev–Trinajstić information content (AvgIpc) is 2.59. The number of benzene rings is 2. The van der Waals surface area contributed by atoms with E-state index in [1.807, 2.05) is 68.4 Å². The minimum Gasteiger partial charge on any atom is -0.489 e. The third-order valence-electron chi connectivity index (χ3n) is 3.91. The Morgan fingerprint density at radius 2 is 1.92 bits per heavy atom. The Labute approximate surface area is 144 Å². The van der Waals surface area contributed by atoms with Gasteiger partial charge >= 0.3 is 0 Å². The molecule has 2 unspecified atom stereocenters. The Morgan fingerprint density at radius 1 is 1.17 bits per heavy atom. The van der Waals surface area contributed by atoms with Gasteiger partial charge in [-0.3, -0.25) is 4.79 Å². The zero-order valence-corrected chi connectivity index (χ0v) is 14.4. The summed E-state index contributed by atoms with van der Waals surface area (Å²) >= 11 is 0. The van der Waals surface area contributed by atoms with Crippen molar-refractivity contribution in [2.45, 2.75) is 38.8 Å². The highest BCUT2D eigenvalue weighted by atomic mass is 16.5. The van der Waals surface area contributed by atoms with Crippen LogP contribution in [0.2, 0.25) is 0 Å². The molecule has 0 spiro atoms. The molecule has 0 aliphatic carbocycles. The summed E-state index contributed by atoms with van der Waals surface area (Å²) in [4.78, 5) is 12.1. The van der Waals surface area contributed by atoms with Crippen molar-refractivity contribution in [2.75, 3.05) is 6.54 Å². The molecule has 0 bridgehead atoms. The maximum absolute atomic E-state index is 12.1. The van der Waals surface area contributed by atoms with Crippen molar-refractivity contribution in [1.82, 2.24) is 5.32 Å². The molecule has 0 aliphatic heterocycles. The van der Waals surface area contributed by atoms with Crippen molar-refractivity contribution in [3.8, 4) is 5.75 Å². The number of nitrogens with two attached hydrogens (primary N) is 1. The van der Waals surface area contributed by atoms with Crippen LogP contribution in [0, 0.1) is 6.92 Å². The SMILES string of the molecule is CCC(CNC(=O)CC(N)c1ccccc1)Oc1cccc(C)c1. The number of nitrogens with one attached hydrogen (secondary N) is 1. The zero-order chi connectivity index (χ0) is 17.4. The molecule has 128 valence electrons. The fraction of sp³-hybridized carbons (Fsp3) is 0.350. The van der Waals surface area contributed by atoms with E-state index in [2.05, 4.69) is 5.32 Å². The number of hydrogen-bond donors (Lipinski definition) is 2. The fourth-order valence-corrected chi connectivity index (χ4v) is 2.47. The van der Waals surface area contributed by atoms with Crippen LogP contribution in [0.25, 0.3) is 0 Å². The summed E-state index contributed by atoms with van der Waals surface area (Å²) in [5.41, 5.74) is 8.20. The molecular formula is C20H26N2O2. The van der Waals surface area contributed by atoms with E-state index in [0.29, 0.717) is 6.54 Å². The summed E-state index contributed by atoms with van der Waals surface area (Å²) in [7, 11) is 0. The Balaban J connectivity index is 1.81. The molecule has 2 aromatic rings. The number of hydrogen-bond acceptors (Lipinski definition) is 3. The van der Waals surface area contributed by atoms with Gasteiger partial charge in [-0.15, -0.1) is 0 Å². The van der Waals surface area contributed by atoms with E-state index in [0.717, 1.165) is 23.3 Å². The van der Waals surface area contributed by atoms with Crippen LogP contribution in [0.4, 0.5) is 0 Å². The number of rotatable bonds is 8. The zero-order valence-electron chi connectivity index (χ0n) is 14.4. The highest BCUT2D eigenvalue weighted by molar-refractivity contribution is 5.76. The summed E-state index contributed by atoms with van der Waals surface area (Å²) in [6.45, 7) is 4.55. The lowest BCUT2D eigenvalue weighted by molar-refractivity contribution is -0.121. The molecule has 2 atom stereocenters. The van der Waals surface area contributed by atoms with E-state index in [1.54, 1.807) is 0 Å². The van der Waals surface area contributed by atoms with Crippen molar-refractivity contribution in [3.05, 3.63) is 65.7 Å². The first kappa shape index (κ1) is 18.0. The van der Waals surface area contributed by atoms with Gasteiger partial charge in [0.1, 0.15) is 11.9 Å². The first-order valence-electron chi connectivity index (χ1n) is 8.39. The Hall–Kier alpha value is -2.33. The molecule has 3 N–H and O–H groups in total. The summed E-state index contributed by atoms with van der Waals surface area (Å²) in [5, 5.41) is 2.93. The normalized spacial score (nSPS) is 13.1. The molecule has 0 heterocycles. The molecule has 4 nitrogen and oxygen atoms in total. The van der Waals surface area contributed by atoms with Crippen LogP contribution in [0.15, 0.2) is 54.6 Å². The molecule has 0 aliphatic rings. The van der Waals surface area contributed by atoms with Gasteiger partial charge in [-0.2, -0.15) is 0 Å². The first-order valence-corrected chi connectivity index (χ1v) is 8.39. The third-order valence-corrected chi connectivity index (χ3v) is 3.91. The van der Waals surface area contributed by atoms with Gasteiger partial charge in [0.2, 0.25) is 5.91 Å². The highest BCUT2D eigenvalue weighted by Gasteiger charge is 2.14. The monoisotopic (exact) mass is 326 g/mol. The second-order valence-electron chi connectivity index (χ2n) is 5.99. The van der Waals surface area contributed by atoms with E-state index in [-0.39, 0.29) is 24.5 Å². The first-order chi connectivity index (χ1) is 11.6. The Morgan fingerprint density at radius 3 is 2.58 bits per heavy atom. The average molecular weight is 326 g/mol. The van der Waals surface area contributed by atoms with Gasteiger partial charge in [-0.25, -0.2) is 0 Å². The lowest BCUT2D eigenvalue weighted by atomic mass is 10.0. The van der Waals surface area contributed by atoms with E-state index < -0.39 is 0 Å². The molecule has 0 radical (unpaired) electrons. The maximum atomic E-state index is 12.1. The van der Waals surface area contributed by atoms with Gasteiger partial charge in [0.05, 0.1) is 6.54 Å². The van der Waals surface area contributed by atoms with Crippen molar-refractivity contribution in [3.63, 3.8) is 0 Å². The van der Waals surface area contributed by atoms with E-state index in [1.165, 1.54) is 0 Å². The highest BCUT2D eigenvalue weighted by Crippen LogP contribution is 2.16. The number of ether oxygens (including phenoxy) is 1. The summed E-state index contributed by atoms with van der Waals surface area (Å²) in [6, 6.07) is 17.3. The maximum Gasteiger partial charge on any atom is 0.222 e. The van der Waals surface area contributed by atoms with Crippen LogP contribution in [0.3, 0.4) is 0 Å². The van der Waals surface area contributed by atoms with Gasteiger partial charge < -0.3 is 15.8 Å². The Bertz CT molecular complexity index is 643. The van der Waals surface area contributed by atoms with E-state index >= 15 is 0 Å². The molecule has 0 aromatic heterocycles. The van der Waals surface area contributed by atoms with Gasteiger partial charge in [0, 0.05) is 12.5 Å². The molecular weight excluding hydrogens is 300 g/mol. The molecule has 1 amide bonds. The molecule has 4 heteroatoms. The predicted octanol–water partition coefficient (Wildman–Crippen LogP) is 3.36. The lowest BCUT2D eigenvalue weighted by Crippen LogP contribution is -2.36. The van der Waals surface area contributed by atoms with Crippen molar-refractivity contribution < 1.29 is 9.53 Å². The Kier molecular flexibility index (Phi) is 6.82. The molecule has 2 aromatic carbocycles. The minimum absolute atomic E-state index is 0.0521. The van der Waals surface area contributed by atoms with Crippen LogP contribution in [0.1, 0.15) is 36.9 Å². The van der Waals surface area contributed by atoms with Gasteiger partial charge in [0.15, 0.2) is 0 Å². The van der Waals surface area contributed by atoms with E-state index in [4.69, 9.17) is 10.5 Å². The smallest absolute Gasteiger partial charge is 0.222 e. The van der Waals surface area contributed by atoms with Gasteiger partial charge in [-0.05, 0) is 36.6 Å². The number of carbonyl (C=O) groups is 1. The summed E-state index contributed by atoms with van der Waals surface area (Å²) < 4.78 is 5.94. The summed E-state index contributed by atoms with van der Waals surface area (Å²) in [6.07, 6.45) is 1.04. The van der Waals surface area contributed by atoms with Crippen molar-refractivity contribution in [1.29, 1.82) is 0 Å². The second-order valence-corrected chi connectivity index (χ2v) is 5.99. The van der Waals surface area contributed by atoms with Crippen LogP contribution >= 0.6 is 0 Å². The molecule has 0 saturated heterocycles. The lowest BCUT2D eigenvalue weighted by Gasteiger charge is -2.19. The van der Waals surface area contributed by atoms with Crippen molar-refractivity contribution >= 4 is 5.91 Å². The second kappa shape index (κ2) is 9.08. The number of carbonyl (C=O) groups excluding carboxylic acids is 1. The molecule has 24 heavy (non-hydrogen) atoms. The van der Waals surface area contributed by atoms with Crippen LogP contribution in [0.5, 0.6) is 5.75 Å². The largest absolute Gasteiger partial charge is 0.489 e. The standard InChI is InChI=1S/C20H26N2O2/c1-3-17(24-18-11-7-8-15(2)12-18)14-22-20(23)13-19(21)16-9-5-4-6-10-16/h4-12,17,19H,3,13-14,21H2,1-2H3,(H,22,23). The quantitative estimate of drug-likeness (QED) is 0.782. The third kappa shape index (κ3) is 5.70. The fourth-order valence-electron chi connectivity index (χ4n) is 2.47. The molecule has 0 fully saturated rings. The number of aryl methyl sites for hydroxylation is 1. The minimum atomic E-state index is -0.288. The molecule has 0 saturated carbocycles. The summed E-state index contributed by atoms with van der Waals surface area (Å²) in [5.74, 6) is 0.773. The van der Waals surface area contributed by atoms with Gasteiger partial charge in [0.25, 0.3) is 0 Å². The van der Waals surface area contributed by atoms with E-state index in [9.17, 15) is 4.79 Å². The van der Waals surface area contributed by atoms with Crippen LogP contribution in [-0.2, 0) is 4.79 Å². The predicted molar refractivity (Wildman–Crippen MR) is 96.9 cm³/mol. The van der Waals surface area contributed by atoms with Crippen LogP contribution in [-0.4, -0.2) is 18.6 Å². The number of amides is 1. The van der Waals surface area contributed by atoms with Gasteiger partial charge in [-0.1, -0.05) is 49.4 Å². The topological polar surface area (TPSA) is 64.4 Å².